The van der Waals surface area contributed by atoms with Crippen LogP contribution in [-0.4, -0.2) is 29.4 Å². The molecule has 104 valence electrons. The van der Waals surface area contributed by atoms with Gasteiger partial charge < -0.3 is 4.90 Å². The van der Waals surface area contributed by atoms with E-state index in [1.807, 2.05) is 11.2 Å². The Balaban J connectivity index is 2.35. The van der Waals surface area contributed by atoms with Gasteiger partial charge in [-0.05, 0) is 31.2 Å². The molecule has 1 aliphatic rings. The summed E-state index contributed by atoms with van der Waals surface area (Å²) in [4.78, 5) is 6.25. The van der Waals surface area contributed by atoms with E-state index in [-0.39, 0.29) is 5.69 Å². The highest BCUT2D eigenvalue weighted by Gasteiger charge is 2.33. The quantitative estimate of drug-likeness (QED) is 0.570. The summed E-state index contributed by atoms with van der Waals surface area (Å²) in [6.07, 6.45) is -0.386. The van der Waals surface area contributed by atoms with E-state index in [4.69, 9.17) is 0 Å². The second kappa shape index (κ2) is 5.86. The van der Waals surface area contributed by atoms with Crippen molar-refractivity contribution in [2.45, 2.75) is 19.0 Å². The summed E-state index contributed by atoms with van der Waals surface area (Å²) in [5.74, 6) is 0. The maximum atomic E-state index is 12.9. The number of nitrogens with zero attached hydrogens (tertiary/aromatic N) is 2. The molecule has 0 spiro atoms. The molecule has 2 rings (SSSR count). The molecule has 6 heteroatoms. The fourth-order valence-corrected chi connectivity index (χ4v) is 2.70. The standard InChI is InChI=1S/C13H15F3N2S/c1-19-12(18-8-4-5-9-18)17-11-7-3-2-6-10(11)13(14,15)16/h2-3,6-7H,4-5,8-9H2,1H3. The average molecular weight is 288 g/mol. The SMILES string of the molecule is CSC(=Nc1ccccc1C(F)(F)F)N1CCCC1. The number of para-hydroxylation sites is 1. The molecule has 0 bridgehead atoms. The fourth-order valence-electron chi connectivity index (χ4n) is 2.07. The van der Waals surface area contributed by atoms with Gasteiger partial charge in [0.05, 0.1) is 11.3 Å². The van der Waals surface area contributed by atoms with Crippen molar-refractivity contribution >= 4 is 22.6 Å². The summed E-state index contributed by atoms with van der Waals surface area (Å²) in [6.45, 7) is 1.74. The number of benzene rings is 1. The highest BCUT2D eigenvalue weighted by atomic mass is 32.2. The second-order valence-electron chi connectivity index (χ2n) is 4.31. The van der Waals surface area contributed by atoms with Crippen molar-refractivity contribution < 1.29 is 13.2 Å². The number of hydrogen-bond donors (Lipinski definition) is 0. The lowest BCUT2D eigenvalue weighted by molar-refractivity contribution is -0.137. The number of hydrogen-bond acceptors (Lipinski definition) is 2. The molecule has 0 amide bonds. The molecule has 1 aromatic rings. The normalized spacial score (nSPS) is 17.1. The first-order chi connectivity index (χ1) is 9.02. The lowest BCUT2D eigenvalue weighted by Gasteiger charge is -2.19. The molecular formula is C13H15F3N2S. The predicted octanol–water partition coefficient (Wildman–Crippen LogP) is 4.15. The first kappa shape index (κ1) is 14.2. The van der Waals surface area contributed by atoms with Gasteiger partial charge in [0.15, 0.2) is 5.17 Å². The molecule has 2 nitrogen and oxygen atoms in total. The number of alkyl halides is 3. The number of thioether (sulfide) groups is 1. The molecule has 0 aliphatic carbocycles. The molecule has 0 atom stereocenters. The maximum absolute atomic E-state index is 12.9. The molecule has 1 fully saturated rings. The molecule has 0 saturated carbocycles. The van der Waals surface area contributed by atoms with Gasteiger partial charge in [0.1, 0.15) is 0 Å². The van der Waals surface area contributed by atoms with Crippen molar-refractivity contribution in [3.8, 4) is 0 Å². The van der Waals surface area contributed by atoms with Gasteiger partial charge in [0.2, 0.25) is 0 Å². The highest BCUT2D eigenvalue weighted by Crippen LogP contribution is 2.36. The van der Waals surface area contributed by atoms with Gasteiger partial charge >= 0.3 is 6.18 Å². The Morgan fingerprint density at radius 3 is 2.42 bits per heavy atom. The van der Waals surface area contributed by atoms with Gasteiger partial charge in [0.25, 0.3) is 0 Å². The van der Waals surface area contributed by atoms with E-state index in [1.165, 1.54) is 23.9 Å². The minimum atomic E-state index is -4.37. The lowest BCUT2D eigenvalue weighted by atomic mass is 10.2. The average Bonchev–Trinajstić information content (AvgIpc) is 2.89. The topological polar surface area (TPSA) is 15.6 Å². The van der Waals surface area contributed by atoms with Crippen molar-refractivity contribution in [1.82, 2.24) is 4.90 Å². The van der Waals surface area contributed by atoms with E-state index >= 15 is 0 Å². The van der Waals surface area contributed by atoms with Gasteiger partial charge in [-0.15, -0.1) is 0 Å². The molecule has 0 unspecified atom stereocenters. The van der Waals surface area contributed by atoms with Crippen LogP contribution in [0.5, 0.6) is 0 Å². The van der Waals surface area contributed by atoms with Gasteiger partial charge in [0, 0.05) is 13.1 Å². The number of rotatable bonds is 1. The summed E-state index contributed by atoms with van der Waals surface area (Å²) in [6, 6.07) is 5.45. The minimum Gasteiger partial charge on any atom is -0.351 e. The van der Waals surface area contributed by atoms with Crippen LogP contribution in [0.2, 0.25) is 0 Å². The van der Waals surface area contributed by atoms with Crippen LogP contribution >= 0.6 is 11.8 Å². The number of halogens is 3. The largest absolute Gasteiger partial charge is 0.418 e. The number of likely N-dealkylation sites (tertiary alicyclic amines) is 1. The van der Waals surface area contributed by atoms with Crippen LogP contribution in [0, 0.1) is 0 Å². The molecule has 19 heavy (non-hydrogen) atoms. The number of aliphatic imine (C=N–C) groups is 1. The molecular weight excluding hydrogens is 273 g/mol. The van der Waals surface area contributed by atoms with Crippen molar-refractivity contribution in [2.75, 3.05) is 19.3 Å². The molecule has 1 saturated heterocycles. The van der Waals surface area contributed by atoms with Crippen LogP contribution in [0.1, 0.15) is 18.4 Å². The summed E-state index contributed by atoms with van der Waals surface area (Å²) in [5, 5.41) is 0.661. The molecule has 1 heterocycles. The van der Waals surface area contributed by atoms with Crippen LogP contribution in [-0.2, 0) is 6.18 Å². The van der Waals surface area contributed by atoms with E-state index in [2.05, 4.69) is 4.99 Å². The zero-order valence-corrected chi connectivity index (χ0v) is 11.4. The third-order valence-electron chi connectivity index (χ3n) is 2.98. The van der Waals surface area contributed by atoms with Crippen LogP contribution in [0.15, 0.2) is 29.3 Å². The second-order valence-corrected chi connectivity index (χ2v) is 5.08. The first-order valence-electron chi connectivity index (χ1n) is 6.06. The Bertz CT molecular complexity index is 465. The van der Waals surface area contributed by atoms with Gasteiger partial charge in [-0.25, -0.2) is 4.99 Å². The van der Waals surface area contributed by atoms with Crippen molar-refractivity contribution in [3.05, 3.63) is 29.8 Å². The van der Waals surface area contributed by atoms with Crippen molar-refractivity contribution in [3.63, 3.8) is 0 Å². The third kappa shape index (κ3) is 3.43. The smallest absolute Gasteiger partial charge is 0.351 e. The van der Waals surface area contributed by atoms with E-state index in [0.29, 0.717) is 5.17 Å². The fraction of sp³-hybridized carbons (Fsp3) is 0.462. The van der Waals surface area contributed by atoms with E-state index in [0.717, 1.165) is 32.0 Å². The lowest BCUT2D eigenvalue weighted by Crippen LogP contribution is -2.24. The minimum absolute atomic E-state index is 0.00810. The highest BCUT2D eigenvalue weighted by molar-refractivity contribution is 8.13. The van der Waals surface area contributed by atoms with Crippen LogP contribution < -0.4 is 0 Å². The van der Waals surface area contributed by atoms with Gasteiger partial charge in [-0.3, -0.25) is 0 Å². The molecule has 1 aromatic carbocycles. The Labute approximate surface area is 114 Å². The Kier molecular flexibility index (Phi) is 4.39. The summed E-state index contributed by atoms with van der Waals surface area (Å²) in [5.41, 5.74) is -0.688. The van der Waals surface area contributed by atoms with Gasteiger partial charge in [-0.2, -0.15) is 13.2 Å². The van der Waals surface area contributed by atoms with E-state index in [1.54, 1.807) is 6.07 Å². The van der Waals surface area contributed by atoms with Crippen molar-refractivity contribution in [1.29, 1.82) is 0 Å². The molecule has 0 N–H and O–H groups in total. The molecule has 0 aromatic heterocycles. The van der Waals surface area contributed by atoms with Crippen molar-refractivity contribution in [2.24, 2.45) is 4.99 Å². The predicted molar refractivity (Wildman–Crippen MR) is 72.9 cm³/mol. The monoisotopic (exact) mass is 288 g/mol. The number of amidine groups is 1. The van der Waals surface area contributed by atoms with E-state index in [9.17, 15) is 13.2 Å². The molecule has 1 aliphatic heterocycles. The zero-order chi connectivity index (χ0) is 13.9. The molecule has 0 radical (unpaired) electrons. The van der Waals surface area contributed by atoms with Crippen LogP contribution in [0.25, 0.3) is 0 Å². The summed E-state index contributed by atoms with van der Waals surface area (Å²) in [7, 11) is 0. The third-order valence-corrected chi connectivity index (χ3v) is 3.70. The maximum Gasteiger partial charge on any atom is 0.418 e. The Morgan fingerprint density at radius 2 is 1.84 bits per heavy atom. The van der Waals surface area contributed by atoms with Crippen LogP contribution in [0.4, 0.5) is 18.9 Å². The Hall–Kier alpha value is -1.17. The van der Waals surface area contributed by atoms with Gasteiger partial charge in [-0.1, -0.05) is 23.9 Å². The summed E-state index contributed by atoms with van der Waals surface area (Å²) >= 11 is 1.39. The first-order valence-corrected chi connectivity index (χ1v) is 7.28. The zero-order valence-electron chi connectivity index (χ0n) is 10.6. The summed E-state index contributed by atoms with van der Waals surface area (Å²) < 4.78 is 38.7. The van der Waals surface area contributed by atoms with Crippen LogP contribution in [0.3, 0.4) is 0 Å². The Morgan fingerprint density at radius 1 is 1.21 bits per heavy atom. The van der Waals surface area contributed by atoms with E-state index < -0.39 is 11.7 Å².